The molecular weight excluding hydrogens is 1170 g/mol. The lowest BCUT2D eigenvalue weighted by Crippen LogP contribution is -2.39. The Morgan fingerprint density at radius 1 is 0.351 bits per heavy atom. The van der Waals surface area contributed by atoms with Crippen LogP contribution >= 0.6 is 22.7 Å². The Kier molecular flexibility index (Phi) is 13.7. The number of allylic oxidation sites excluding steroid dienone is 4. The first-order valence-corrected chi connectivity index (χ1v) is 34.8. The zero-order valence-electron chi connectivity index (χ0n) is 54.2. The molecular formula is C90H72N2S2. The van der Waals surface area contributed by atoms with Crippen LogP contribution < -0.4 is 9.80 Å². The highest BCUT2D eigenvalue weighted by molar-refractivity contribution is 7.27. The third-order valence-electron chi connectivity index (χ3n) is 20.4. The van der Waals surface area contributed by atoms with Gasteiger partial charge in [0, 0.05) is 69.9 Å². The van der Waals surface area contributed by atoms with Crippen molar-refractivity contribution in [3.63, 3.8) is 0 Å². The summed E-state index contributed by atoms with van der Waals surface area (Å²) in [5.74, 6) is 0.174. The maximum atomic E-state index is 2.67. The minimum absolute atomic E-state index is 0.0105. The molecule has 0 fully saturated rings. The molecule has 0 radical (unpaired) electrons. The number of fused-ring (bicyclic) bond motifs is 13. The van der Waals surface area contributed by atoms with Gasteiger partial charge in [0.15, 0.2) is 0 Å². The second-order valence-electron chi connectivity index (χ2n) is 28.1. The van der Waals surface area contributed by atoms with E-state index in [2.05, 4.69) is 356 Å². The topological polar surface area (TPSA) is 6.48 Å². The van der Waals surface area contributed by atoms with E-state index in [0.29, 0.717) is 0 Å². The molecule has 4 heteroatoms. The normalized spacial score (nSPS) is 16.2. The molecule has 2 heterocycles. The molecule has 0 saturated heterocycles. The summed E-state index contributed by atoms with van der Waals surface area (Å²) in [6.07, 6.45) is 9.59. The van der Waals surface area contributed by atoms with Crippen LogP contribution in [0.1, 0.15) is 76.3 Å². The number of anilines is 6. The lowest BCUT2D eigenvalue weighted by molar-refractivity contribution is 0.374. The van der Waals surface area contributed by atoms with Crippen LogP contribution in [0.5, 0.6) is 0 Å². The quantitative estimate of drug-likeness (QED) is 0.135. The maximum Gasteiger partial charge on any atom is 0.0644 e. The Bertz CT molecular complexity index is 5520. The largest absolute Gasteiger partial charge is 0.310 e. The van der Waals surface area contributed by atoms with Crippen LogP contribution in [0.25, 0.3) is 95.3 Å². The molecule has 15 aromatic rings. The van der Waals surface area contributed by atoms with E-state index in [1.54, 1.807) is 0 Å². The third kappa shape index (κ3) is 9.39. The average Bonchev–Trinajstić information content (AvgIpc) is 1.50. The molecule has 3 atom stereocenters. The van der Waals surface area contributed by atoms with E-state index < -0.39 is 5.41 Å². The van der Waals surface area contributed by atoms with Crippen LogP contribution in [-0.4, -0.2) is 0 Å². The number of thiophene rings is 2. The van der Waals surface area contributed by atoms with Crippen molar-refractivity contribution in [1.29, 1.82) is 0 Å². The third-order valence-corrected chi connectivity index (χ3v) is 22.8. The summed E-state index contributed by atoms with van der Waals surface area (Å²) in [6, 6.07) is 104. The smallest absolute Gasteiger partial charge is 0.0644 e. The predicted molar refractivity (Wildman–Crippen MR) is 408 cm³/mol. The van der Waals surface area contributed by atoms with Gasteiger partial charge in [-0.1, -0.05) is 261 Å². The molecule has 2 aliphatic rings. The van der Waals surface area contributed by atoms with Crippen molar-refractivity contribution in [3.05, 3.63) is 325 Å². The molecule has 2 aromatic heterocycles. The van der Waals surface area contributed by atoms with Crippen LogP contribution in [0.4, 0.5) is 34.1 Å². The van der Waals surface area contributed by atoms with Gasteiger partial charge >= 0.3 is 0 Å². The second kappa shape index (κ2) is 22.3. The van der Waals surface area contributed by atoms with Crippen LogP contribution in [0.15, 0.2) is 297 Å². The molecule has 0 spiro atoms. The molecule has 0 N–H and O–H groups in total. The molecule has 17 rings (SSSR count). The van der Waals surface area contributed by atoms with E-state index in [9.17, 15) is 0 Å². The molecule has 0 bridgehead atoms. The predicted octanol–water partition coefficient (Wildman–Crippen LogP) is 26.3. The number of hydrogen-bond acceptors (Lipinski definition) is 4. The molecule has 3 unspecified atom stereocenters. The maximum absolute atomic E-state index is 2.67. The Hall–Kier alpha value is -10.1. The zero-order chi connectivity index (χ0) is 63.6. The molecule has 0 aliphatic heterocycles. The fourth-order valence-corrected chi connectivity index (χ4v) is 18.1. The molecule has 13 aromatic carbocycles. The second-order valence-corrected chi connectivity index (χ2v) is 30.2. The fraction of sp³-hybridized carbons (Fsp3) is 0.133. The summed E-state index contributed by atoms with van der Waals surface area (Å²) in [5, 5.41) is 10.1. The number of hydrogen-bond donors (Lipinski definition) is 0. The van der Waals surface area contributed by atoms with Crippen LogP contribution in [-0.2, 0) is 16.2 Å². The van der Waals surface area contributed by atoms with Crippen LogP contribution in [0.2, 0.25) is 0 Å². The first-order chi connectivity index (χ1) is 45.8. The van der Waals surface area contributed by atoms with Gasteiger partial charge < -0.3 is 9.80 Å². The number of benzene rings is 13. The van der Waals surface area contributed by atoms with Crippen molar-refractivity contribution < 1.29 is 0 Å². The van der Waals surface area contributed by atoms with E-state index in [1.165, 1.54) is 134 Å². The number of rotatable bonds is 10. The van der Waals surface area contributed by atoms with Crippen molar-refractivity contribution in [1.82, 2.24) is 0 Å². The first kappa shape index (κ1) is 57.8. The van der Waals surface area contributed by atoms with Gasteiger partial charge in [-0.15, -0.1) is 22.7 Å². The minimum Gasteiger partial charge on any atom is -0.310 e. The Morgan fingerprint density at radius 2 is 0.766 bits per heavy atom. The average molecular weight is 1250 g/mol. The van der Waals surface area contributed by atoms with Crippen molar-refractivity contribution in [2.75, 3.05) is 9.80 Å². The van der Waals surface area contributed by atoms with E-state index in [0.717, 1.165) is 22.7 Å². The molecule has 2 nitrogen and oxygen atoms in total. The SMILES string of the molecule is CC1C=CC=CC1C1(c2ccccc2)c2cc(N(c3ccc(-c4ccc5ccccc5c4)cc3)c3ccc(C(C)(C)C)cc3)c3c(sc4ccccc43)c2-c2c1cc(N(c1ccc(-c3ccc4ccccc4c3)cc1)c1ccc(C(C)(C)C)cc1)c1sc3ccccc3c21. The Labute approximate surface area is 559 Å². The molecule has 454 valence electrons. The monoisotopic (exact) mass is 1240 g/mol. The van der Waals surface area contributed by atoms with Gasteiger partial charge in [0.25, 0.3) is 0 Å². The summed E-state index contributed by atoms with van der Waals surface area (Å²) >= 11 is 3.89. The van der Waals surface area contributed by atoms with Crippen molar-refractivity contribution in [3.8, 4) is 33.4 Å². The highest BCUT2D eigenvalue weighted by Crippen LogP contribution is 2.67. The molecule has 2 aliphatic carbocycles. The van der Waals surface area contributed by atoms with E-state index in [-0.39, 0.29) is 22.7 Å². The van der Waals surface area contributed by atoms with Crippen LogP contribution in [0.3, 0.4) is 0 Å². The minimum atomic E-state index is -0.707. The lowest BCUT2D eigenvalue weighted by atomic mass is 9.59. The van der Waals surface area contributed by atoms with E-state index in [1.807, 2.05) is 22.7 Å². The standard InChI is InChI=1S/C90H72N2S2/c1-57-21-11-18-30-75(57)90(68-26-9-8-10-27-68)76-56-79(92(72-51-43-67(44-52-72)89(5,6)7)70-47-39-61(40-48-70)65-36-34-59-23-13-15-25-63(59)54-65)86-83(74-29-17-20-32-81(74)93-86)84(76)85-77(90)55-78(82-73-28-16-19-31-80(73)94-87(82)85)91(71-49-41-66(42-50-71)88(2,3)4)69-45-37-60(38-46-69)64-35-33-58-22-12-14-24-62(58)53-64/h8-57,75H,1-7H3. The Balaban J connectivity index is 0.982. The van der Waals surface area contributed by atoms with Gasteiger partial charge in [-0.25, -0.2) is 0 Å². The van der Waals surface area contributed by atoms with E-state index >= 15 is 0 Å². The van der Waals surface area contributed by atoms with Crippen molar-refractivity contribution in [2.45, 2.75) is 64.7 Å². The zero-order valence-corrected chi connectivity index (χ0v) is 55.8. The summed E-state index contributed by atoms with van der Waals surface area (Å²) < 4.78 is 5.12. The van der Waals surface area contributed by atoms with Crippen LogP contribution in [0, 0.1) is 11.8 Å². The highest BCUT2D eigenvalue weighted by Gasteiger charge is 2.53. The Morgan fingerprint density at radius 3 is 1.29 bits per heavy atom. The van der Waals surface area contributed by atoms with Gasteiger partial charge in [-0.2, -0.15) is 0 Å². The highest BCUT2D eigenvalue weighted by atomic mass is 32.1. The molecule has 94 heavy (non-hydrogen) atoms. The summed E-state index contributed by atoms with van der Waals surface area (Å²) in [6.45, 7) is 16.3. The molecule has 0 saturated carbocycles. The van der Waals surface area contributed by atoms with Gasteiger partial charge in [-0.3, -0.25) is 0 Å². The van der Waals surface area contributed by atoms with Crippen molar-refractivity contribution in [2.24, 2.45) is 11.8 Å². The summed E-state index contributed by atoms with van der Waals surface area (Å²) in [7, 11) is 0. The fourth-order valence-electron chi connectivity index (χ4n) is 15.6. The van der Waals surface area contributed by atoms with Crippen molar-refractivity contribution >= 4 is 119 Å². The summed E-state index contributed by atoms with van der Waals surface area (Å²) in [4.78, 5) is 5.17. The van der Waals surface area contributed by atoms with Gasteiger partial charge in [0.2, 0.25) is 0 Å². The van der Waals surface area contributed by atoms with E-state index in [4.69, 9.17) is 0 Å². The number of nitrogens with zero attached hydrogens (tertiary/aromatic N) is 2. The van der Waals surface area contributed by atoms with Gasteiger partial charge in [-0.05, 0) is 179 Å². The van der Waals surface area contributed by atoms with Gasteiger partial charge in [0.1, 0.15) is 0 Å². The first-order valence-electron chi connectivity index (χ1n) is 33.2. The lowest BCUT2D eigenvalue weighted by Gasteiger charge is -2.43. The summed E-state index contributed by atoms with van der Waals surface area (Å²) in [5.41, 5.74) is 20.0. The molecule has 0 amide bonds. The van der Waals surface area contributed by atoms with Gasteiger partial charge in [0.05, 0.1) is 21.5 Å².